The van der Waals surface area contributed by atoms with E-state index in [4.69, 9.17) is 9.84 Å². The molecule has 2 aromatic rings. The summed E-state index contributed by atoms with van der Waals surface area (Å²) in [6.07, 6.45) is -0.580. The fraction of sp³-hybridized carbons (Fsp3) is 0.312. The molecule has 1 atom stereocenters. The molecule has 3 rings (SSSR count). The van der Waals surface area contributed by atoms with E-state index >= 15 is 0 Å². The Morgan fingerprint density at radius 3 is 2.87 bits per heavy atom. The van der Waals surface area contributed by atoms with Crippen LogP contribution in [-0.2, 0) is 9.53 Å². The summed E-state index contributed by atoms with van der Waals surface area (Å²) in [7, 11) is 0. The highest BCUT2D eigenvalue weighted by molar-refractivity contribution is 5.93. The van der Waals surface area contributed by atoms with Crippen LogP contribution in [0.1, 0.15) is 16.9 Å². The van der Waals surface area contributed by atoms with E-state index < -0.39 is 12.1 Å². The van der Waals surface area contributed by atoms with Crippen molar-refractivity contribution < 1.29 is 19.4 Å². The Morgan fingerprint density at radius 2 is 2.13 bits per heavy atom. The molecule has 0 aliphatic carbocycles. The second-order valence-electron chi connectivity index (χ2n) is 5.37. The molecule has 0 bridgehead atoms. The van der Waals surface area contributed by atoms with Gasteiger partial charge in [-0.2, -0.15) is 5.10 Å². The second-order valence-corrected chi connectivity index (χ2v) is 5.37. The highest BCUT2D eigenvalue weighted by Gasteiger charge is 2.27. The number of H-pyrrole nitrogens is 1. The van der Waals surface area contributed by atoms with Crippen LogP contribution < -0.4 is 0 Å². The number of benzene rings is 1. The SMILES string of the molecule is O=C(O)CC1CN(C(=O)c2cc(-c3ccccc3)n[nH]2)CCO1. The van der Waals surface area contributed by atoms with E-state index in [1.165, 1.54) is 0 Å². The first kappa shape index (κ1) is 15.2. The lowest BCUT2D eigenvalue weighted by Gasteiger charge is -2.31. The van der Waals surface area contributed by atoms with E-state index in [9.17, 15) is 9.59 Å². The van der Waals surface area contributed by atoms with Crippen molar-refractivity contribution in [2.75, 3.05) is 19.7 Å². The molecule has 2 heterocycles. The average Bonchev–Trinajstić information content (AvgIpc) is 3.04. The molecule has 1 saturated heterocycles. The number of aliphatic carboxylic acids is 1. The topological polar surface area (TPSA) is 95.5 Å². The summed E-state index contributed by atoms with van der Waals surface area (Å²) in [5.74, 6) is -1.13. The number of hydrogen-bond donors (Lipinski definition) is 2. The molecule has 23 heavy (non-hydrogen) atoms. The molecule has 2 N–H and O–H groups in total. The van der Waals surface area contributed by atoms with Crippen LogP contribution in [0.5, 0.6) is 0 Å². The van der Waals surface area contributed by atoms with Gasteiger partial charge in [-0.1, -0.05) is 30.3 Å². The zero-order valence-corrected chi connectivity index (χ0v) is 12.4. The van der Waals surface area contributed by atoms with Gasteiger partial charge in [-0.15, -0.1) is 0 Å². The Kier molecular flexibility index (Phi) is 4.38. The standard InChI is InChI=1S/C16H17N3O4/c20-15(21)8-12-10-19(6-7-23-12)16(22)14-9-13(17-18-14)11-4-2-1-3-5-11/h1-5,9,12H,6-8,10H2,(H,17,18)(H,20,21). The van der Waals surface area contributed by atoms with E-state index in [1.54, 1.807) is 11.0 Å². The lowest BCUT2D eigenvalue weighted by Crippen LogP contribution is -2.46. The normalized spacial score (nSPS) is 17.9. The number of aromatic amines is 1. The Bertz CT molecular complexity index is 698. The van der Waals surface area contributed by atoms with Crippen LogP contribution >= 0.6 is 0 Å². The molecule has 1 amide bonds. The number of nitrogens with one attached hydrogen (secondary N) is 1. The molecular weight excluding hydrogens is 298 g/mol. The lowest BCUT2D eigenvalue weighted by molar-refractivity contribution is -0.141. The van der Waals surface area contributed by atoms with Gasteiger partial charge in [-0.05, 0) is 6.07 Å². The Labute approximate surface area is 132 Å². The molecule has 1 aliphatic heterocycles. The Hall–Kier alpha value is -2.67. The van der Waals surface area contributed by atoms with Gasteiger partial charge in [-0.3, -0.25) is 14.7 Å². The summed E-state index contributed by atoms with van der Waals surface area (Å²) in [6.45, 7) is 1.04. The van der Waals surface area contributed by atoms with Gasteiger partial charge >= 0.3 is 5.97 Å². The highest BCUT2D eigenvalue weighted by atomic mass is 16.5. The van der Waals surface area contributed by atoms with Crippen molar-refractivity contribution in [1.29, 1.82) is 0 Å². The number of hydrogen-bond acceptors (Lipinski definition) is 4. The van der Waals surface area contributed by atoms with Gasteiger partial charge in [0.05, 0.1) is 24.8 Å². The third-order valence-corrected chi connectivity index (χ3v) is 3.71. The minimum atomic E-state index is -0.933. The molecule has 7 nitrogen and oxygen atoms in total. The highest BCUT2D eigenvalue weighted by Crippen LogP contribution is 2.18. The first-order valence-electron chi connectivity index (χ1n) is 7.37. The molecule has 1 fully saturated rings. The fourth-order valence-electron chi connectivity index (χ4n) is 2.58. The molecular formula is C16H17N3O4. The van der Waals surface area contributed by atoms with Crippen molar-refractivity contribution in [3.05, 3.63) is 42.1 Å². The second kappa shape index (κ2) is 6.62. The molecule has 0 spiro atoms. The smallest absolute Gasteiger partial charge is 0.306 e. The third-order valence-electron chi connectivity index (χ3n) is 3.71. The maximum atomic E-state index is 12.5. The third kappa shape index (κ3) is 3.57. The van der Waals surface area contributed by atoms with Gasteiger partial charge in [0.2, 0.25) is 0 Å². The Morgan fingerprint density at radius 1 is 1.35 bits per heavy atom. The van der Waals surface area contributed by atoms with E-state index in [0.717, 1.165) is 5.56 Å². The fourth-order valence-corrected chi connectivity index (χ4v) is 2.58. The summed E-state index contributed by atoms with van der Waals surface area (Å²) in [4.78, 5) is 24.9. The number of carbonyl (C=O) groups excluding carboxylic acids is 1. The van der Waals surface area contributed by atoms with Crippen molar-refractivity contribution in [3.8, 4) is 11.3 Å². The largest absolute Gasteiger partial charge is 0.481 e. The number of rotatable bonds is 4. The maximum absolute atomic E-state index is 12.5. The van der Waals surface area contributed by atoms with E-state index in [1.807, 2.05) is 30.3 Å². The molecule has 0 saturated carbocycles. The van der Waals surface area contributed by atoms with Crippen molar-refractivity contribution in [1.82, 2.24) is 15.1 Å². The van der Waals surface area contributed by atoms with Crippen LogP contribution in [0.2, 0.25) is 0 Å². The van der Waals surface area contributed by atoms with Crippen LogP contribution in [0.25, 0.3) is 11.3 Å². The maximum Gasteiger partial charge on any atom is 0.306 e. The molecule has 1 aliphatic rings. The minimum Gasteiger partial charge on any atom is -0.481 e. The molecule has 1 aromatic heterocycles. The van der Waals surface area contributed by atoms with Crippen molar-refractivity contribution in [3.63, 3.8) is 0 Å². The van der Waals surface area contributed by atoms with Gasteiger partial charge in [-0.25, -0.2) is 0 Å². The van der Waals surface area contributed by atoms with Crippen LogP contribution in [0.3, 0.4) is 0 Å². The number of carboxylic acid groups (broad SMARTS) is 1. The summed E-state index contributed by atoms with van der Waals surface area (Å²) in [5, 5.41) is 15.8. The van der Waals surface area contributed by atoms with Crippen LogP contribution in [-0.4, -0.2) is 57.9 Å². The molecule has 0 radical (unpaired) electrons. The summed E-state index contributed by atoms with van der Waals surface area (Å²) < 4.78 is 5.38. The van der Waals surface area contributed by atoms with Gasteiger partial charge in [0.1, 0.15) is 5.69 Å². The number of carbonyl (C=O) groups is 2. The van der Waals surface area contributed by atoms with Gasteiger partial charge in [0, 0.05) is 18.7 Å². The molecule has 7 heteroatoms. The van der Waals surface area contributed by atoms with Crippen molar-refractivity contribution in [2.24, 2.45) is 0 Å². The number of amides is 1. The van der Waals surface area contributed by atoms with E-state index in [-0.39, 0.29) is 18.9 Å². The van der Waals surface area contributed by atoms with Gasteiger partial charge < -0.3 is 14.7 Å². The predicted molar refractivity (Wildman–Crippen MR) is 81.9 cm³/mol. The zero-order chi connectivity index (χ0) is 16.2. The lowest BCUT2D eigenvalue weighted by atomic mass is 10.1. The number of ether oxygens (including phenoxy) is 1. The first-order chi connectivity index (χ1) is 11.1. The van der Waals surface area contributed by atoms with Gasteiger partial charge in [0.15, 0.2) is 0 Å². The average molecular weight is 315 g/mol. The zero-order valence-electron chi connectivity index (χ0n) is 12.4. The van der Waals surface area contributed by atoms with Crippen LogP contribution in [0, 0.1) is 0 Å². The van der Waals surface area contributed by atoms with Crippen molar-refractivity contribution >= 4 is 11.9 Å². The Balaban J connectivity index is 1.71. The number of aromatic nitrogens is 2. The minimum absolute atomic E-state index is 0.109. The van der Waals surface area contributed by atoms with E-state index in [2.05, 4.69) is 10.2 Å². The molecule has 1 unspecified atom stereocenters. The van der Waals surface area contributed by atoms with Gasteiger partial charge in [0.25, 0.3) is 5.91 Å². The summed E-state index contributed by atoms with van der Waals surface area (Å²) >= 11 is 0. The van der Waals surface area contributed by atoms with Crippen LogP contribution in [0.4, 0.5) is 0 Å². The number of nitrogens with zero attached hydrogens (tertiary/aromatic N) is 2. The predicted octanol–water partition coefficient (Wildman–Crippen LogP) is 1.39. The van der Waals surface area contributed by atoms with Crippen LogP contribution in [0.15, 0.2) is 36.4 Å². The number of carboxylic acids is 1. The summed E-state index contributed by atoms with van der Waals surface area (Å²) in [6, 6.07) is 11.3. The monoisotopic (exact) mass is 315 g/mol. The quantitative estimate of drug-likeness (QED) is 0.889. The number of morpholine rings is 1. The molecule has 120 valence electrons. The van der Waals surface area contributed by atoms with E-state index in [0.29, 0.717) is 24.5 Å². The summed E-state index contributed by atoms with van der Waals surface area (Å²) in [5.41, 5.74) is 2.01. The first-order valence-corrected chi connectivity index (χ1v) is 7.37. The van der Waals surface area contributed by atoms with Crippen molar-refractivity contribution in [2.45, 2.75) is 12.5 Å². The molecule has 1 aromatic carbocycles.